The van der Waals surface area contributed by atoms with Gasteiger partial charge in [-0.15, -0.1) is 0 Å². The van der Waals surface area contributed by atoms with Crippen molar-refractivity contribution in [3.63, 3.8) is 0 Å². The smallest absolute Gasteiger partial charge is 0.119 e. The number of piperidine rings is 2. The van der Waals surface area contributed by atoms with Crippen LogP contribution in [0.25, 0.3) is 0 Å². The van der Waals surface area contributed by atoms with E-state index in [4.69, 9.17) is 10.5 Å². The van der Waals surface area contributed by atoms with Crippen molar-refractivity contribution in [2.24, 2.45) is 5.92 Å². The van der Waals surface area contributed by atoms with Crippen molar-refractivity contribution in [1.29, 1.82) is 0 Å². The summed E-state index contributed by atoms with van der Waals surface area (Å²) in [4.78, 5) is 2.65. The summed E-state index contributed by atoms with van der Waals surface area (Å²) in [6.07, 6.45) is 4.21. The van der Waals surface area contributed by atoms with Gasteiger partial charge in [0.1, 0.15) is 11.9 Å². The van der Waals surface area contributed by atoms with Gasteiger partial charge < -0.3 is 10.5 Å². The molecule has 1 saturated carbocycles. The second-order valence-corrected chi connectivity index (χ2v) is 6.24. The van der Waals surface area contributed by atoms with Gasteiger partial charge in [-0.25, -0.2) is 0 Å². The molecule has 2 saturated heterocycles. The van der Waals surface area contributed by atoms with Crippen molar-refractivity contribution in [1.82, 2.24) is 4.90 Å². The van der Waals surface area contributed by atoms with Gasteiger partial charge in [0.25, 0.3) is 0 Å². The fourth-order valence-corrected chi connectivity index (χ4v) is 3.60. The van der Waals surface area contributed by atoms with E-state index >= 15 is 0 Å². The van der Waals surface area contributed by atoms with Crippen LogP contribution in [0.15, 0.2) is 24.3 Å². The summed E-state index contributed by atoms with van der Waals surface area (Å²) in [5, 5.41) is 0. The van der Waals surface area contributed by atoms with Crippen LogP contribution >= 0.6 is 0 Å². The molecule has 0 aromatic heterocycles. The van der Waals surface area contributed by atoms with Gasteiger partial charge in [-0.2, -0.15) is 0 Å². The third-order valence-corrected chi connectivity index (χ3v) is 4.65. The van der Waals surface area contributed by atoms with Crippen LogP contribution in [0.4, 0.5) is 5.69 Å². The number of nitrogens with zero attached hydrogens (tertiary/aromatic N) is 1. The lowest BCUT2D eigenvalue weighted by Crippen LogP contribution is -2.57. The van der Waals surface area contributed by atoms with Crippen molar-refractivity contribution >= 4 is 5.69 Å². The fraction of sp³-hybridized carbons (Fsp3) is 0.625. The summed E-state index contributed by atoms with van der Waals surface area (Å²) in [5.41, 5.74) is 6.50. The lowest BCUT2D eigenvalue weighted by molar-refractivity contribution is -0.0500. The summed E-state index contributed by atoms with van der Waals surface area (Å²) < 4.78 is 6.19. The zero-order valence-corrected chi connectivity index (χ0v) is 11.9. The monoisotopic (exact) mass is 260 g/mol. The zero-order chi connectivity index (χ0) is 13.4. The molecule has 3 nitrogen and oxygen atoms in total. The molecule has 4 rings (SSSR count). The van der Waals surface area contributed by atoms with Crippen LogP contribution in [-0.4, -0.2) is 29.6 Å². The molecule has 1 aromatic carbocycles. The molecule has 3 aliphatic rings. The molecular formula is C16H24N2O. The van der Waals surface area contributed by atoms with Crippen LogP contribution in [0.2, 0.25) is 0 Å². The normalized spacial score (nSPS) is 30.8. The van der Waals surface area contributed by atoms with Gasteiger partial charge in [0.05, 0.1) is 0 Å². The molecule has 1 aliphatic carbocycles. The molecule has 3 unspecified atom stereocenters. The first kappa shape index (κ1) is 12.8. The summed E-state index contributed by atoms with van der Waals surface area (Å²) in [5.74, 6) is 1.65. The van der Waals surface area contributed by atoms with Crippen molar-refractivity contribution < 1.29 is 4.74 Å². The van der Waals surface area contributed by atoms with E-state index in [0.29, 0.717) is 24.1 Å². The average Bonchev–Trinajstić information content (AvgIpc) is 2.42. The Morgan fingerprint density at radius 1 is 1.21 bits per heavy atom. The van der Waals surface area contributed by atoms with E-state index in [1.165, 1.54) is 25.8 Å². The number of nitrogen functional groups attached to an aromatic ring is 1. The van der Waals surface area contributed by atoms with Crippen LogP contribution in [0, 0.1) is 5.92 Å². The quantitative estimate of drug-likeness (QED) is 0.849. The predicted molar refractivity (Wildman–Crippen MR) is 78.2 cm³/mol. The highest BCUT2D eigenvalue weighted by atomic mass is 16.5. The fourth-order valence-electron chi connectivity index (χ4n) is 3.60. The maximum absolute atomic E-state index is 6.19. The second kappa shape index (κ2) is 5.04. The van der Waals surface area contributed by atoms with Gasteiger partial charge in [-0.05, 0) is 51.0 Å². The Hall–Kier alpha value is -1.22. The largest absolute Gasteiger partial charge is 0.490 e. The minimum Gasteiger partial charge on any atom is -0.490 e. The highest BCUT2D eigenvalue weighted by Gasteiger charge is 2.42. The summed E-state index contributed by atoms with van der Waals surface area (Å²) in [6.45, 7) is 5.80. The van der Waals surface area contributed by atoms with Crippen molar-refractivity contribution in [3.8, 4) is 5.75 Å². The molecule has 0 radical (unpaired) electrons. The van der Waals surface area contributed by atoms with E-state index in [2.05, 4.69) is 18.7 Å². The lowest BCUT2D eigenvalue weighted by atomic mass is 9.77. The first-order valence-electron chi connectivity index (χ1n) is 7.41. The van der Waals surface area contributed by atoms with Crippen molar-refractivity contribution in [2.45, 2.75) is 51.3 Å². The van der Waals surface area contributed by atoms with Gasteiger partial charge >= 0.3 is 0 Å². The SMILES string of the molecule is CC(C)N1CC2CCC1CC2Oc1ccc(N)cc1. The maximum Gasteiger partial charge on any atom is 0.119 e. The van der Waals surface area contributed by atoms with Gasteiger partial charge in [-0.3, -0.25) is 4.90 Å². The molecule has 0 amide bonds. The highest BCUT2D eigenvalue weighted by molar-refractivity contribution is 5.41. The van der Waals surface area contributed by atoms with Crippen LogP contribution in [0.5, 0.6) is 5.75 Å². The Labute approximate surface area is 115 Å². The lowest BCUT2D eigenvalue weighted by Gasteiger charge is -2.50. The first-order valence-corrected chi connectivity index (χ1v) is 7.41. The topological polar surface area (TPSA) is 38.5 Å². The number of ether oxygens (including phenoxy) is 1. The Bertz CT molecular complexity index is 429. The van der Waals surface area contributed by atoms with E-state index in [1.807, 2.05) is 24.3 Å². The number of anilines is 1. The number of nitrogens with two attached hydrogens (primary N) is 1. The molecule has 19 heavy (non-hydrogen) atoms. The van der Waals surface area contributed by atoms with Crippen LogP contribution in [-0.2, 0) is 0 Å². The van der Waals surface area contributed by atoms with E-state index in [0.717, 1.165) is 11.4 Å². The van der Waals surface area contributed by atoms with Crippen LogP contribution < -0.4 is 10.5 Å². The average molecular weight is 260 g/mol. The van der Waals surface area contributed by atoms with Gasteiger partial charge in [-0.1, -0.05) is 0 Å². The third kappa shape index (κ3) is 2.57. The summed E-state index contributed by atoms with van der Waals surface area (Å²) in [7, 11) is 0. The molecule has 2 N–H and O–H groups in total. The minimum absolute atomic E-state index is 0.386. The van der Waals surface area contributed by atoms with E-state index in [9.17, 15) is 0 Å². The van der Waals surface area contributed by atoms with Gasteiger partial charge in [0, 0.05) is 36.7 Å². The Morgan fingerprint density at radius 2 is 1.95 bits per heavy atom. The zero-order valence-electron chi connectivity index (χ0n) is 11.9. The standard InChI is InChI=1S/C16H24N2O/c1-11(2)18-10-12-3-6-14(18)9-16(12)19-15-7-4-13(17)5-8-15/h4-5,7-8,11-12,14,16H,3,6,9-10,17H2,1-2H3. The van der Waals surface area contributed by atoms with Crippen molar-refractivity contribution in [2.75, 3.05) is 12.3 Å². The first-order chi connectivity index (χ1) is 9.13. The number of hydrogen-bond donors (Lipinski definition) is 1. The summed E-state index contributed by atoms with van der Waals surface area (Å²) >= 11 is 0. The van der Waals surface area contributed by atoms with Crippen LogP contribution in [0.3, 0.4) is 0 Å². The number of hydrogen-bond acceptors (Lipinski definition) is 3. The van der Waals surface area contributed by atoms with E-state index in [-0.39, 0.29) is 0 Å². The van der Waals surface area contributed by atoms with Gasteiger partial charge in [0.15, 0.2) is 0 Å². The van der Waals surface area contributed by atoms with E-state index < -0.39 is 0 Å². The number of fused-ring (bicyclic) bond motifs is 3. The molecule has 0 spiro atoms. The number of benzene rings is 1. The molecule has 3 fully saturated rings. The minimum atomic E-state index is 0.386. The molecule has 3 heteroatoms. The molecular weight excluding hydrogens is 236 g/mol. The maximum atomic E-state index is 6.19. The Kier molecular flexibility index (Phi) is 3.40. The molecule has 3 atom stereocenters. The van der Waals surface area contributed by atoms with Crippen molar-refractivity contribution in [3.05, 3.63) is 24.3 Å². The molecule has 2 heterocycles. The highest BCUT2D eigenvalue weighted by Crippen LogP contribution is 2.38. The van der Waals surface area contributed by atoms with E-state index in [1.54, 1.807) is 0 Å². The van der Waals surface area contributed by atoms with Crippen LogP contribution in [0.1, 0.15) is 33.1 Å². The molecule has 104 valence electrons. The Balaban J connectivity index is 1.66. The second-order valence-electron chi connectivity index (χ2n) is 6.24. The Morgan fingerprint density at radius 3 is 2.53 bits per heavy atom. The predicted octanol–water partition coefficient (Wildman–Crippen LogP) is 2.91. The molecule has 1 aromatic rings. The van der Waals surface area contributed by atoms with Gasteiger partial charge in [0.2, 0.25) is 0 Å². The molecule has 2 aliphatic heterocycles. The number of rotatable bonds is 3. The third-order valence-electron chi connectivity index (χ3n) is 4.65. The molecule has 2 bridgehead atoms. The summed E-state index contributed by atoms with van der Waals surface area (Å²) in [6, 6.07) is 9.16.